The lowest BCUT2D eigenvalue weighted by molar-refractivity contribution is 0.172. The molecule has 0 saturated carbocycles. The first-order valence-electron chi connectivity index (χ1n) is 11.3. The Morgan fingerprint density at radius 1 is 1.06 bits per heavy atom. The lowest BCUT2D eigenvalue weighted by atomic mass is 10.0. The van der Waals surface area contributed by atoms with E-state index in [1.807, 2.05) is 52.0 Å². The van der Waals surface area contributed by atoms with Gasteiger partial charge in [0.1, 0.15) is 10.7 Å². The Bertz CT molecular complexity index is 1290. The van der Waals surface area contributed by atoms with E-state index in [9.17, 15) is 13.2 Å². The molecule has 3 heterocycles. The number of nitrogens with one attached hydrogen (secondary N) is 1. The van der Waals surface area contributed by atoms with Crippen LogP contribution in [0.1, 0.15) is 30.1 Å². The van der Waals surface area contributed by atoms with E-state index in [0.29, 0.717) is 57.0 Å². The molecule has 1 fully saturated rings. The van der Waals surface area contributed by atoms with Crippen molar-refractivity contribution in [2.24, 2.45) is 0 Å². The van der Waals surface area contributed by atoms with Gasteiger partial charge in [0.15, 0.2) is 0 Å². The quantitative estimate of drug-likeness (QED) is 0.551. The lowest BCUT2D eigenvalue weighted by Crippen LogP contribution is -2.52. The van der Waals surface area contributed by atoms with Crippen molar-refractivity contribution in [3.05, 3.63) is 50.9 Å². The molecule has 3 aromatic rings. The number of fused-ring (bicyclic) bond motifs is 1. The van der Waals surface area contributed by atoms with Gasteiger partial charge in [-0.25, -0.2) is 4.98 Å². The normalized spacial score (nSPS) is 16.2. The van der Waals surface area contributed by atoms with E-state index in [0.717, 1.165) is 20.8 Å². The van der Waals surface area contributed by atoms with Crippen LogP contribution in [0.3, 0.4) is 0 Å². The van der Waals surface area contributed by atoms with Gasteiger partial charge in [-0.15, -0.1) is 11.3 Å². The van der Waals surface area contributed by atoms with E-state index in [-0.39, 0.29) is 5.56 Å². The fourth-order valence-corrected chi connectivity index (χ4v) is 7.02. The summed E-state index contributed by atoms with van der Waals surface area (Å²) in [5.41, 5.74) is 3.02. The molecule has 2 aromatic heterocycles. The first kappa shape index (κ1) is 24.0. The topological polar surface area (TPSA) is 89.6 Å². The van der Waals surface area contributed by atoms with E-state index in [1.54, 1.807) is 4.31 Å². The van der Waals surface area contributed by atoms with Gasteiger partial charge in [0.2, 0.25) is 0 Å². The SMILES string of the molecule is CCN(CC)S(=O)(=O)N1CCN(Cc2nc3sc(C)c(-c4ccc(C)cc4)c3c(=O)[nH]2)CC1. The molecule has 0 unspecified atom stereocenters. The average Bonchev–Trinajstić information content (AvgIpc) is 3.11. The van der Waals surface area contributed by atoms with E-state index in [2.05, 4.69) is 9.88 Å². The molecule has 0 amide bonds. The van der Waals surface area contributed by atoms with Crippen LogP contribution in [0.2, 0.25) is 0 Å². The maximum absolute atomic E-state index is 13.0. The number of rotatable bonds is 7. The fourth-order valence-electron chi connectivity index (χ4n) is 4.35. The number of thiophene rings is 1. The first-order valence-corrected chi connectivity index (χ1v) is 13.5. The number of benzene rings is 1. The molecule has 1 aromatic carbocycles. The Morgan fingerprint density at radius 3 is 2.30 bits per heavy atom. The van der Waals surface area contributed by atoms with Crippen molar-refractivity contribution in [2.45, 2.75) is 34.2 Å². The van der Waals surface area contributed by atoms with Gasteiger partial charge in [-0.1, -0.05) is 43.7 Å². The highest BCUT2D eigenvalue weighted by molar-refractivity contribution is 7.86. The molecule has 178 valence electrons. The Hall–Kier alpha value is -2.11. The van der Waals surface area contributed by atoms with Gasteiger partial charge in [0, 0.05) is 49.7 Å². The summed E-state index contributed by atoms with van der Waals surface area (Å²) in [6.45, 7) is 11.3. The Labute approximate surface area is 199 Å². The van der Waals surface area contributed by atoms with E-state index in [4.69, 9.17) is 4.98 Å². The van der Waals surface area contributed by atoms with Crippen molar-refractivity contribution in [1.29, 1.82) is 0 Å². The molecule has 1 aliphatic heterocycles. The molecule has 0 spiro atoms. The minimum Gasteiger partial charge on any atom is -0.309 e. The minimum atomic E-state index is -3.42. The van der Waals surface area contributed by atoms with Crippen LogP contribution in [-0.2, 0) is 16.8 Å². The maximum Gasteiger partial charge on any atom is 0.282 e. The molecule has 0 bridgehead atoms. The van der Waals surface area contributed by atoms with Gasteiger partial charge in [-0.3, -0.25) is 9.69 Å². The molecule has 0 aliphatic carbocycles. The second-order valence-electron chi connectivity index (χ2n) is 8.36. The number of hydrogen-bond donors (Lipinski definition) is 1. The Balaban J connectivity index is 1.52. The molecule has 4 rings (SSSR count). The van der Waals surface area contributed by atoms with E-state index >= 15 is 0 Å². The van der Waals surface area contributed by atoms with Crippen molar-refractivity contribution < 1.29 is 8.42 Å². The van der Waals surface area contributed by atoms with Crippen molar-refractivity contribution in [3.8, 4) is 11.1 Å². The highest BCUT2D eigenvalue weighted by atomic mass is 32.2. The Kier molecular flexibility index (Phi) is 7.01. The molecule has 0 radical (unpaired) electrons. The smallest absolute Gasteiger partial charge is 0.282 e. The first-order chi connectivity index (χ1) is 15.7. The summed E-state index contributed by atoms with van der Waals surface area (Å²) in [6.07, 6.45) is 0. The number of aryl methyl sites for hydroxylation is 2. The number of piperazine rings is 1. The molecule has 1 N–H and O–H groups in total. The summed E-state index contributed by atoms with van der Waals surface area (Å²) < 4.78 is 28.5. The predicted molar refractivity (Wildman–Crippen MR) is 134 cm³/mol. The zero-order chi connectivity index (χ0) is 23.8. The molecule has 33 heavy (non-hydrogen) atoms. The number of aromatic amines is 1. The number of hydrogen-bond acceptors (Lipinski definition) is 6. The summed E-state index contributed by atoms with van der Waals surface area (Å²) in [5, 5.41) is 0.639. The van der Waals surface area contributed by atoms with Gasteiger partial charge in [-0.05, 0) is 19.4 Å². The number of nitrogens with zero attached hydrogens (tertiary/aromatic N) is 4. The molecular formula is C23H31N5O3S2. The van der Waals surface area contributed by atoms with Gasteiger partial charge in [0.25, 0.3) is 15.8 Å². The van der Waals surface area contributed by atoms with Crippen LogP contribution in [0.25, 0.3) is 21.3 Å². The fraction of sp³-hybridized carbons (Fsp3) is 0.478. The lowest BCUT2D eigenvalue weighted by Gasteiger charge is -2.36. The second kappa shape index (κ2) is 9.63. The third kappa shape index (κ3) is 4.76. The van der Waals surface area contributed by atoms with E-state index < -0.39 is 10.2 Å². The summed E-state index contributed by atoms with van der Waals surface area (Å²) in [4.78, 5) is 24.7. The van der Waals surface area contributed by atoms with Crippen LogP contribution < -0.4 is 5.56 Å². The van der Waals surface area contributed by atoms with Gasteiger partial charge in [-0.2, -0.15) is 17.0 Å². The maximum atomic E-state index is 13.0. The highest BCUT2D eigenvalue weighted by Gasteiger charge is 2.31. The summed E-state index contributed by atoms with van der Waals surface area (Å²) in [6, 6.07) is 8.19. The monoisotopic (exact) mass is 489 g/mol. The third-order valence-corrected chi connectivity index (χ3v) is 9.38. The molecule has 1 saturated heterocycles. The zero-order valence-electron chi connectivity index (χ0n) is 19.6. The van der Waals surface area contributed by atoms with Crippen molar-refractivity contribution >= 4 is 31.8 Å². The molecular weight excluding hydrogens is 458 g/mol. The van der Waals surface area contributed by atoms with E-state index in [1.165, 1.54) is 21.2 Å². The minimum absolute atomic E-state index is 0.127. The van der Waals surface area contributed by atoms with Crippen LogP contribution in [-0.4, -0.2) is 71.2 Å². The number of H-pyrrole nitrogens is 1. The standard InChI is InChI=1S/C23H31N5O3S2/c1-5-27(6-2)33(30,31)28-13-11-26(12-14-28)15-19-24-22(29)21-20(17(4)32-23(21)25-19)18-9-7-16(3)8-10-18/h7-10H,5-6,11-15H2,1-4H3,(H,24,25,29). The van der Waals surface area contributed by atoms with Gasteiger partial charge in [0.05, 0.1) is 11.9 Å². The number of aromatic nitrogens is 2. The van der Waals surface area contributed by atoms with Crippen LogP contribution >= 0.6 is 11.3 Å². The van der Waals surface area contributed by atoms with Crippen molar-refractivity contribution in [3.63, 3.8) is 0 Å². The molecule has 8 nitrogen and oxygen atoms in total. The van der Waals surface area contributed by atoms with Crippen LogP contribution in [0.4, 0.5) is 0 Å². The molecule has 0 atom stereocenters. The van der Waals surface area contributed by atoms with Crippen molar-refractivity contribution in [1.82, 2.24) is 23.5 Å². The largest absolute Gasteiger partial charge is 0.309 e. The molecule has 10 heteroatoms. The van der Waals surface area contributed by atoms with Crippen LogP contribution in [0.5, 0.6) is 0 Å². The third-order valence-electron chi connectivity index (χ3n) is 6.19. The van der Waals surface area contributed by atoms with Crippen molar-refractivity contribution in [2.75, 3.05) is 39.3 Å². The van der Waals surface area contributed by atoms with Crippen LogP contribution in [0.15, 0.2) is 29.1 Å². The second-order valence-corrected chi connectivity index (χ2v) is 11.5. The predicted octanol–water partition coefficient (Wildman–Crippen LogP) is 2.97. The molecule has 1 aliphatic rings. The Morgan fingerprint density at radius 2 is 1.70 bits per heavy atom. The highest BCUT2D eigenvalue weighted by Crippen LogP contribution is 2.35. The van der Waals surface area contributed by atoms with Gasteiger partial charge >= 0.3 is 0 Å². The zero-order valence-corrected chi connectivity index (χ0v) is 21.2. The summed E-state index contributed by atoms with van der Waals surface area (Å²) in [7, 11) is -3.42. The average molecular weight is 490 g/mol. The van der Waals surface area contributed by atoms with Gasteiger partial charge < -0.3 is 4.98 Å². The summed E-state index contributed by atoms with van der Waals surface area (Å²) in [5.74, 6) is 0.615. The summed E-state index contributed by atoms with van der Waals surface area (Å²) >= 11 is 1.54. The van der Waals surface area contributed by atoms with Crippen LogP contribution in [0, 0.1) is 13.8 Å².